The van der Waals surface area contributed by atoms with Gasteiger partial charge < -0.3 is 4.57 Å². The second kappa shape index (κ2) is 5.23. The maximum absolute atomic E-state index is 11.6. The van der Waals surface area contributed by atoms with E-state index in [-0.39, 0.29) is 5.91 Å². The van der Waals surface area contributed by atoms with E-state index in [1.165, 1.54) is 16.5 Å². The quantitative estimate of drug-likeness (QED) is 0.833. The highest BCUT2D eigenvalue weighted by Crippen LogP contribution is 2.21. The second-order valence-corrected chi connectivity index (χ2v) is 4.71. The fraction of sp³-hybridized carbons (Fsp3) is 0.357. The predicted octanol–water partition coefficient (Wildman–Crippen LogP) is 1.70. The Balaban J connectivity index is 2.10. The normalized spacial score (nSPS) is 11.1. The lowest BCUT2D eigenvalue weighted by Crippen LogP contribution is -2.36. The van der Waals surface area contributed by atoms with Gasteiger partial charge in [0.25, 0.3) is 0 Å². The predicted molar refractivity (Wildman–Crippen MR) is 73.1 cm³/mol. The number of rotatable bonds is 4. The summed E-state index contributed by atoms with van der Waals surface area (Å²) in [5, 5.41) is 2.91. The zero-order chi connectivity index (χ0) is 13.1. The molecule has 0 radical (unpaired) electrons. The molecule has 0 aliphatic rings. The molecule has 1 aromatic carbocycles. The van der Waals surface area contributed by atoms with Gasteiger partial charge in [-0.2, -0.15) is 0 Å². The summed E-state index contributed by atoms with van der Waals surface area (Å²) >= 11 is 0. The lowest BCUT2D eigenvalue weighted by molar-refractivity contribution is -0.124. The molecule has 0 saturated carbocycles. The summed E-state index contributed by atoms with van der Waals surface area (Å²) in [7, 11) is 5.66. The van der Waals surface area contributed by atoms with Crippen LogP contribution in [0.3, 0.4) is 0 Å². The molecule has 1 heterocycles. The van der Waals surface area contributed by atoms with Crippen LogP contribution < -0.4 is 5.43 Å². The van der Waals surface area contributed by atoms with Gasteiger partial charge in [0.05, 0.1) is 0 Å². The first kappa shape index (κ1) is 12.6. The van der Waals surface area contributed by atoms with Crippen LogP contribution in [0.15, 0.2) is 30.5 Å². The molecule has 1 amide bonds. The zero-order valence-corrected chi connectivity index (χ0v) is 11.1. The number of fused-ring (bicyclic) bond motifs is 1. The van der Waals surface area contributed by atoms with Crippen LogP contribution in [0, 0.1) is 0 Å². The first-order valence-electron chi connectivity index (χ1n) is 6.07. The van der Waals surface area contributed by atoms with Crippen LogP contribution in [0.4, 0.5) is 0 Å². The fourth-order valence-electron chi connectivity index (χ4n) is 2.18. The molecule has 96 valence electrons. The molecule has 0 aliphatic heterocycles. The van der Waals surface area contributed by atoms with Crippen molar-refractivity contribution in [3.63, 3.8) is 0 Å². The topological polar surface area (TPSA) is 37.3 Å². The van der Waals surface area contributed by atoms with E-state index < -0.39 is 0 Å². The Kier molecular flexibility index (Phi) is 3.67. The van der Waals surface area contributed by atoms with Crippen molar-refractivity contribution in [1.29, 1.82) is 0 Å². The lowest BCUT2D eigenvalue weighted by atomic mass is 10.1. The maximum atomic E-state index is 11.6. The molecule has 0 saturated heterocycles. The van der Waals surface area contributed by atoms with Gasteiger partial charge in [-0.1, -0.05) is 18.2 Å². The van der Waals surface area contributed by atoms with Crippen molar-refractivity contribution in [2.45, 2.75) is 12.8 Å². The van der Waals surface area contributed by atoms with Crippen molar-refractivity contribution in [3.05, 3.63) is 36.0 Å². The first-order valence-corrected chi connectivity index (χ1v) is 6.07. The van der Waals surface area contributed by atoms with Crippen LogP contribution in [0.25, 0.3) is 10.9 Å². The van der Waals surface area contributed by atoms with Gasteiger partial charge >= 0.3 is 0 Å². The van der Waals surface area contributed by atoms with Gasteiger partial charge in [0.2, 0.25) is 5.91 Å². The minimum Gasteiger partial charge on any atom is -0.350 e. The number of hydrogen-bond acceptors (Lipinski definition) is 2. The minimum absolute atomic E-state index is 0.0490. The Hall–Kier alpha value is -1.81. The first-order chi connectivity index (χ1) is 8.58. The molecule has 0 fully saturated rings. The fourth-order valence-corrected chi connectivity index (χ4v) is 2.18. The summed E-state index contributed by atoms with van der Waals surface area (Å²) in [6, 6.07) is 8.27. The van der Waals surface area contributed by atoms with Crippen LogP contribution in [-0.2, 0) is 18.3 Å². The Morgan fingerprint density at radius 2 is 2.06 bits per heavy atom. The number of amides is 1. The molecular weight excluding hydrogens is 226 g/mol. The van der Waals surface area contributed by atoms with E-state index in [9.17, 15) is 4.79 Å². The number of benzene rings is 1. The highest BCUT2D eigenvalue weighted by molar-refractivity contribution is 5.84. The van der Waals surface area contributed by atoms with Crippen LogP contribution >= 0.6 is 0 Å². The molecule has 2 rings (SSSR count). The number of hydrogen-bond donors (Lipinski definition) is 1. The van der Waals surface area contributed by atoms with Gasteiger partial charge in [-0.3, -0.25) is 10.2 Å². The molecule has 4 heteroatoms. The zero-order valence-electron chi connectivity index (χ0n) is 11.1. The van der Waals surface area contributed by atoms with Crippen molar-refractivity contribution in [2.75, 3.05) is 14.1 Å². The number of aryl methyl sites for hydroxylation is 2. The van der Waals surface area contributed by atoms with E-state index in [1.807, 2.05) is 33.3 Å². The third-order valence-corrected chi connectivity index (χ3v) is 2.95. The minimum atomic E-state index is 0.0490. The largest absolute Gasteiger partial charge is 0.350 e. The molecule has 18 heavy (non-hydrogen) atoms. The van der Waals surface area contributed by atoms with E-state index in [0.29, 0.717) is 6.42 Å². The molecule has 0 atom stereocenters. The third-order valence-electron chi connectivity index (χ3n) is 2.95. The van der Waals surface area contributed by atoms with E-state index in [0.717, 1.165) is 6.42 Å². The number of carbonyl (C=O) groups is 1. The molecule has 1 aromatic heterocycles. The molecule has 0 bridgehead atoms. The SMILES string of the molecule is CN(C)NC(=O)CCc1cn(C)c2ccccc12. The number of nitrogens with one attached hydrogen (secondary N) is 1. The average Bonchev–Trinajstić information content (AvgIpc) is 2.64. The third kappa shape index (κ3) is 2.71. The van der Waals surface area contributed by atoms with Crippen LogP contribution in [-0.4, -0.2) is 29.6 Å². The summed E-state index contributed by atoms with van der Waals surface area (Å²) in [6.45, 7) is 0. The average molecular weight is 245 g/mol. The summed E-state index contributed by atoms with van der Waals surface area (Å²) < 4.78 is 2.11. The van der Waals surface area contributed by atoms with Gasteiger partial charge in [-0.05, 0) is 18.1 Å². The van der Waals surface area contributed by atoms with Gasteiger partial charge in [0, 0.05) is 44.7 Å². The molecule has 0 unspecified atom stereocenters. The summed E-state index contributed by atoms with van der Waals surface area (Å²) in [4.78, 5) is 11.6. The molecule has 4 nitrogen and oxygen atoms in total. The molecule has 2 aromatic rings. The van der Waals surface area contributed by atoms with Crippen molar-refractivity contribution in [2.24, 2.45) is 7.05 Å². The molecule has 0 aliphatic carbocycles. The number of carbonyl (C=O) groups excluding carboxylic acids is 1. The number of hydrazine groups is 1. The van der Waals surface area contributed by atoms with E-state index in [1.54, 1.807) is 5.01 Å². The smallest absolute Gasteiger partial charge is 0.234 e. The van der Waals surface area contributed by atoms with Crippen LogP contribution in [0.5, 0.6) is 0 Å². The van der Waals surface area contributed by atoms with Gasteiger partial charge in [-0.25, -0.2) is 5.01 Å². The van der Waals surface area contributed by atoms with Crippen LogP contribution in [0.2, 0.25) is 0 Å². The monoisotopic (exact) mass is 245 g/mol. The van der Waals surface area contributed by atoms with Crippen molar-refractivity contribution < 1.29 is 4.79 Å². The van der Waals surface area contributed by atoms with E-state index in [2.05, 4.69) is 28.3 Å². The standard InChI is InChI=1S/C14H19N3O/c1-16(2)15-14(18)9-8-11-10-17(3)13-7-5-4-6-12(11)13/h4-7,10H,8-9H2,1-3H3,(H,15,18). The van der Waals surface area contributed by atoms with E-state index >= 15 is 0 Å². The summed E-state index contributed by atoms with van der Waals surface area (Å²) in [5.41, 5.74) is 5.19. The highest BCUT2D eigenvalue weighted by atomic mass is 16.2. The van der Waals surface area contributed by atoms with Crippen LogP contribution in [0.1, 0.15) is 12.0 Å². The Morgan fingerprint density at radius 3 is 2.78 bits per heavy atom. The van der Waals surface area contributed by atoms with Crippen molar-refractivity contribution >= 4 is 16.8 Å². The summed E-state index contributed by atoms with van der Waals surface area (Å²) in [6.07, 6.45) is 3.38. The molecule has 1 N–H and O–H groups in total. The number of para-hydroxylation sites is 1. The van der Waals surface area contributed by atoms with Crippen molar-refractivity contribution in [3.8, 4) is 0 Å². The number of nitrogens with zero attached hydrogens (tertiary/aromatic N) is 2. The molecular formula is C14H19N3O. The van der Waals surface area contributed by atoms with Gasteiger partial charge in [0.1, 0.15) is 0 Å². The molecule has 0 spiro atoms. The maximum Gasteiger partial charge on any atom is 0.234 e. The lowest BCUT2D eigenvalue weighted by Gasteiger charge is -2.11. The summed E-state index contributed by atoms with van der Waals surface area (Å²) in [5.74, 6) is 0.0490. The Bertz CT molecular complexity index is 557. The van der Waals surface area contributed by atoms with Gasteiger partial charge in [-0.15, -0.1) is 0 Å². The Morgan fingerprint density at radius 1 is 1.33 bits per heavy atom. The van der Waals surface area contributed by atoms with Gasteiger partial charge in [0.15, 0.2) is 0 Å². The van der Waals surface area contributed by atoms with Crippen molar-refractivity contribution in [1.82, 2.24) is 15.0 Å². The highest BCUT2D eigenvalue weighted by Gasteiger charge is 2.08. The second-order valence-electron chi connectivity index (χ2n) is 4.71. The van der Waals surface area contributed by atoms with E-state index in [4.69, 9.17) is 0 Å². The Labute approximate surface area is 107 Å². The number of aromatic nitrogens is 1.